The van der Waals surface area contributed by atoms with Crippen LogP contribution in [-0.2, 0) is 23.1 Å². The Morgan fingerprint density at radius 3 is 2.24 bits per heavy atom. The van der Waals surface area contributed by atoms with Crippen LogP contribution in [0.4, 0.5) is 4.39 Å². The van der Waals surface area contributed by atoms with E-state index in [1.54, 1.807) is 6.92 Å². The number of aryl methyl sites for hydroxylation is 1. The lowest BCUT2D eigenvalue weighted by molar-refractivity contribution is 0.520. The van der Waals surface area contributed by atoms with Crippen LogP contribution in [0.3, 0.4) is 0 Å². The molecule has 10 heteroatoms. The van der Waals surface area contributed by atoms with Gasteiger partial charge in [-0.05, 0) is 42.8 Å². The molecule has 0 aliphatic rings. The van der Waals surface area contributed by atoms with Crippen LogP contribution in [0.5, 0.6) is 0 Å². The number of sulfonamides is 1. The second kappa shape index (κ2) is 7.85. The molecule has 0 spiro atoms. The molecule has 0 unspecified atom stereocenters. The van der Waals surface area contributed by atoms with Crippen molar-refractivity contribution in [2.75, 3.05) is 14.1 Å². The molecular weight excluding hydrogens is 465 g/mol. The molecule has 7 nitrogen and oxygen atoms in total. The van der Waals surface area contributed by atoms with Crippen molar-refractivity contribution in [2.24, 2.45) is 0 Å². The van der Waals surface area contributed by atoms with Crippen molar-refractivity contribution < 1.29 is 12.8 Å². The third-order valence-electron chi connectivity index (χ3n) is 4.64. The maximum Gasteiger partial charge on any atom is 0.317 e. The van der Waals surface area contributed by atoms with Gasteiger partial charge < -0.3 is 4.57 Å². The molecule has 0 aliphatic carbocycles. The highest BCUT2D eigenvalue weighted by atomic mass is 79.9. The minimum absolute atomic E-state index is 0.00243. The molecule has 0 amide bonds. The fraction of sp³-hybridized carbons (Fsp3) is 0.263. The van der Waals surface area contributed by atoms with E-state index in [1.165, 1.54) is 59.6 Å². The topological polar surface area (TPSA) is 81.4 Å². The molecule has 1 heterocycles. The summed E-state index contributed by atoms with van der Waals surface area (Å²) < 4.78 is 42.6. The Kier molecular flexibility index (Phi) is 5.79. The van der Waals surface area contributed by atoms with Gasteiger partial charge in [0.05, 0.1) is 22.5 Å². The zero-order valence-electron chi connectivity index (χ0n) is 16.0. The Balaban J connectivity index is 2.36. The number of benzene rings is 2. The Hall–Kier alpha value is -2.30. The van der Waals surface area contributed by atoms with Gasteiger partial charge in [-0.25, -0.2) is 17.1 Å². The van der Waals surface area contributed by atoms with Gasteiger partial charge in [0.2, 0.25) is 10.0 Å². The normalized spacial score (nSPS) is 12.1. The molecule has 154 valence electrons. The zero-order valence-corrected chi connectivity index (χ0v) is 18.4. The predicted octanol–water partition coefficient (Wildman–Crippen LogP) is 2.38. The molecular formula is C19H19BrFN3O4S. The van der Waals surface area contributed by atoms with Gasteiger partial charge in [0.25, 0.3) is 0 Å². The van der Waals surface area contributed by atoms with Crippen LogP contribution in [0.1, 0.15) is 12.5 Å². The summed E-state index contributed by atoms with van der Waals surface area (Å²) in [6.45, 7) is 1.96. The molecule has 0 N–H and O–H groups in total. The van der Waals surface area contributed by atoms with Crippen LogP contribution in [0, 0.1) is 5.82 Å². The maximum absolute atomic E-state index is 13.4. The first-order chi connectivity index (χ1) is 13.6. The molecule has 0 aliphatic heterocycles. The van der Waals surface area contributed by atoms with E-state index in [-0.39, 0.29) is 18.0 Å². The monoisotopic (exact) mass is 483 g/mol. The highest BCUT2D eigenvalue weighted by Crippen LogP contribution is 2.23. The number of fused-ring (bicyclic) bond motifs is 1. The van der Waals surface area contributed by atoms with Crippen LogP contribution >= 0.6 is 15.9 Å². The van der Waals surface area contributed by atoms with Crippen LogP contribution in [0.25, 0.3) is 11.0 Å². The lowest BCUT2D eigenvalue weighted by Gasteiger charge is -2.17. The number of halogens is 2. The van der Waals surface area contributed by atoms with E-state index >= 15 is 0 Å². The van der Waals surface area contributed by atoms with Gasteiger partial charge in [0.1, 0.15) is 5.82 Å². The highest BCUT2D eigenvalue weighted by molar-refractivity contribution is 9.10. The summed E-state index contributed by atoms with van der Waals surface area (Å²) in [5.41, 5.74) is -0.176. The minimum atomic E-state index is -3.74. The largest absolute Gasteiger partial charge is 0.317 e. The summed E-state index contributed by atoms with van der Waals surface area (Å²) >= 11 is 3.26. The Bertz CT molecular complexity index is 1330. The second-order valence-corrected chi connectivity index (χ2v) is 9.62. The maximum atomic E-state index is 13.4. The molecule has 2 aromatic carbocycles. The van der Waals surface area contributed by atoms with E-state index in [0.717, 1.165) is 4.31 Å². The van der Waals surface area contributed by atoms with Crippen LogP contribution in [0.2, 0.25) is 0 Å². The Morgan fingerprint density at radius 1 is 1.00 bits per heavy atom. The quantitative estimate of drug-likeness (QED) is 0.521. The standard InChI is InChI=1S/C19H19BrFN3O4S/c1-4-23-16-8-7-14(29(27,28)22(2)3)10-17(16)24(19(26)18(23)25)11-12-5-6-13(21)9-15(12)20/h5-10H,4,11H2,1-3H3. The molecule has 0 saturated carbocycles. The molecule has 0 fully saturated rings. The lowest BCUT2D eigenvalue weighted by atomic mass is 10.2. The number of rotatable bonds is 5. The third kappa shape index (κ3) is 3.79. The van der Waals surface area contributed by atoms with Gasteiger partial charge in [-0.15, -0.1) is 0 Å². The summed E-state index contributed by atoms with van der Waals surface area (Å²) in [6.07, 6.45) is 0. The van der Waals surface area contributed by atoms with Crippen molar-refractivity contribution in [3.05, 3.63) is 73.0 Å². The number of hydrogen-bond donors (Lipinski definition) is 0. The molecule has 0 bridgehead atoms. The molecule has 0 atom stereocenters. The Labute approximate surface area is 175 Å². The van der Waals surface area contributed by atoms with Crippen LogP contribution in [-0.4, -0.2) is 36.0 Å². The molecule has 1 aromatic heterocycles. The number of aromatic nitrogens is 2. The zero-order chi connectivity index (χ0) is 21.5. The minimum Gasteiger partial charge on any atom is -0.302 e. The first-order valence-electron chi connectivity index (χ1n) is 8.71. The molecule has 0 radical (unpaired) electrons. The first kappa shape index (κ1) is 21.4. The highest BCUT2D eigenvalue weighted by Gasteiger charge is 2.20. The molecule has 0 saturated heterocycles. The van der Waals surface area contributed by atoms with Gasteiger partial charge in [0.15, 0.2) is 0 Å². The smallest absolute Gasteiger partial charge is 0.302 e. The van der Waals surface area contributed by atoms with E-state index in [1.807, 2.05) is 0 Å². The Morgan fingerprint density at radius 2 is 1.66 bits per heavy atom. The van der Waals surface area contributed by atoms with Crippen molar-refractivity contribution in [2.45, 2.75) is 24.9 Å². The predicted molar refractivity (Wildman–Crippen MR) is 112 cm³/mol. The summed E-state index contributed by atoms with van der Waals surface area (Å²) in [7, 11) is -0.919. The van der Waals surface area contributed by atoms with Gasteiger partial charge in [0, 0.05) is 25.1 Å². The fourth-order valence-corrected chi connectivity index (χ4v) is 4.46. The molecule has 3 aromatic rings. The van der Waals surface area contributed by atoms with Crippen LogP contribution < -0.4 is 11.1 Å². The lowest BCUT2D eigenvalue weighted by Crippen LogP contribution is -2.41. The van der Waals surface area contributed by atoms with Gasteiger partial charge in [-0.2, -0.15) is 0 Å². The first-order valence-corrected chi connectivity index (χ1v) is 10.9. The third-order valence-corrected chi connectivity index (χ3v) is 7.19. The van der Waals surface area contributed by atoms with Crippen molar-refractivity contribution in [1.82, 2.24) is 13.4 Å². The summed E-state index contributed by atoms with van der Waals surface area (Å²) in [4.78, 5) is 25.4. The number of nitrogens with zero attached hydrogens (tertiary/aromatic N) is 3. The van der Waals surface area contributed by atoms with Crippen molar-refractivity contribution in [3.63, 3.8) is 0 Å². The second-order valence-electron chi connectivity index (χ2n) is 6.61. The fourth-order valence-electron chi connectivity index (χ4n) is 3.06. The van der Waals surface area contributed by atoms with Gasteiger partial charge >= 0.3 is 11.1 Å². The number of hydrogen-bond acceptors (Lipinski definition) is 4. The summed E-state index contributed by atoms with van der Waals surface area (Å²) in [5.74, 6) is -0.446. The van der Waals surface area contributed by atoms with E-state index < -0.39 is 27.0 Å². The van der Waals surface area contributed by atoms with Gasteiger partial charge in [-0.1, -0.05) is 22.0 Å². The molecule has 3 rings (SSSR count). The van der Waals surface area contributed by atoms with E-state index in [9.17, 15) is 22.4 Å². The average molecular weight is 484 g/mol. The van der Waals surface area contributed by atoms with Crippen LogP contribution in [0.15, 0.2) is 55.4 Å². The van der Waals surface area contributed by atoms with E-state index in [4.69, 9.17) is 0 Å². The van der Waals surface area contributed by atoms with Crippen molar-refractivity contribution >= 4 is 37.0 Å². The summed E-state index contributed by atoms with van der Waals surface area (Å²) in [6, 6.07) is 8.33. The van der Waals surface area contributed by atoms with E-state index in [0.29, 0.717) is 21.1 Å². The van der Waals surface area contributed by atoms with Crippen molar-refractivity contribution in [1.29, 1.82) is 0 Å². The van der Waals surface area contributed by atoms with E-state index in [2.05, 4.69) is 15.9 Å². The molecule has 29 heavy (non-hydrogen) atoms. The van der Waals surface area contributed by atoms with Gasteiger partial charge in [-0.3, -0.25) is 14.2 Å². The summed E-state index contributed by atoms with van der Waals surface area (Å²) in [5, 5.41) is 0. The average Bonchev–Trinajstić information content (AvgIpc) is 2.66. The van der Waals surface area contributed by atoms with Crippen molar-refractivity contribution in [3.8, 4) is 0 Å². The SMILES string of the molecule is CCn1c(=O)c(=O)n(Cc2ccc(F)cc2Br)c2cc(S(=O)(=O)N(C)C)ccc21.